The van der Waals surface area contributed by atoms with Gasteiger partial charge in [-0.15, -0.1) is 10.2 Å². The lowest BCUT2D eigenvalue weighted by Gasteiger charge is -1.94. The molecule has 1 heterocycles. The molecule has 0 spiro atoms. The number of nitrogen functional groups attached to an aromatic ring is 1. The third kappa shape index (κ3) is 3.38. The minimum Gasteiger partial charge on any atom is -0.374 e. The van der Waals surface area contributed by atoms with E-state index in [1.807, 2.05) is 0 Å². The highest BCUT2D eigenvalue weighted by Gasteiger charge is 2.02. The molecular weight excluding hydrogens is 273 g/mol. The average molecular weight is 281 g/mol. The number of nitrogens with two attached hydrogens (primary N) is 1. The first-order valence-electron chi connectivity index (χ1n) is 4.87. The molecule has 0 saturated heterocycles. The fourth-order valence-corrected chi connectivity index (χ4v) is 2.49. The van der Waals surface area contributed by atoms with Gasteiger partial charge in [-0.3, -0.25) is 4.79 Å². The van der Waals surface area contributed by atoms with Gasteiger partial charge in [0.1, 0.15) is 5.82 Å². The number of hydrogen-bond acceptors (Lipinski definition) is 6. The zero-order valence-corrected chi connectivity index (χ0v) is 10.7. The highest BCUT2D eigenvalue weighted by atomic mass is 32.2. The Kier molecular flexibility index (Phi) is 4.06. The first-order valence-corrected chi connectivity index (χ1v) is 6.57. The summed E-state index contributed by atoms with van der Waals surface area (Å²) in [4.78, 5) is 11.7. The number of ketones is 1. The molecule has 0 fully saturated rings. The molecule has 7 heteroatoms. The number of benzene rings is 1. The van der Waals surface area contributed by atoms with Crippen molar-refractivity contribution in [2.24, 2.45) is 0 Å². The van der Waals surface area contributed by atoms with Gasteiger partial charge >= 0.3 is 0 Å². The summed E-state index contributed by atoms with van der Waals surface area (Å²) < 4.78 is 13.3. The molecule has 0 aliphatic carbocycles. The molecule has 0 unspecified atom stereocenters. The summed E-state index contributed by atoms with van der Waals surface area (Å²) in [5, 5.41) is 9.43. The number of thioether (sulfide) groups is 1. The van der Waals surface area contributed by atoms with Crippen LogP contribution in [0.5, 0.6) is 0 Å². The van der Waals surface area contributed by atoms with Crippen LogP contribution >= 0.6 is 23.1 Å². The van der Waals surface area contributed by atoms with Crippen molar-refractivity contribution in [1.29, 1.82) is 0 Å². The molecule has 0 aliphatic rings. The Bertz CT molecular complexity index is 580. The highest BCUT2D eigenvalue weighted by Crippen LogP contribution is 2.24. The van der Waals surface area contributed by atoms with Gasteiger partial charge in [-0.25, -0.2) is 4.39 Å². The van der Waals surface area contributed by atoms with Gasteiger partial charge in [0, 0.05) is 5.56 Å². The summed E-state index contributed by atoms with van der Waals surface area (Å²) in [6.45, 7) is 0. The SMILES string of the molecule is Nc1nnc(S/C=C/C(=O)c2ccc(F)cc2)s1. The Morgan fingerprint density at radius 2 is 2.06 bits per heavy atom. The second-order valence-corrected chi connectivity index (χ2v) is 5.36. The van der Waals surface area contributed by atoms with Crippen LogP contribution in [0.3, 0.4) is 0 Å². The summed E-state index contributed by atoms with van der Waals surface area (Å²) in [6, 6.07) is 5.38. The second kappa shape index (κ2) is 5.74. The van der Waals surface area contributed by atoms with Gasteiger partial charge in [-0.2, -0.15) is 0 Å². The van der Waals surface area contributed by atoms with Gasteiger partial charge in [0.25, 0.3) is 0 Å². The van der Waals surface area contributed by atoms with Gasteiger partial charge in [0.05, 0.1) is 0 Å². The zero-order chi connectivity index (χ0) is 13.0. The smallest absolute Gasteiger partial charge is 0.203 e. The van der Waals surface area contributed by atoms with Crippen molar-refractivity contribution in [2.45, 2.75) is 4.34 Å². The Labute approximate surface area is 111 Å². The maximum absolute atomic E-state index is 12.7. The van der Waals surface area contributed by atoms with Gasteiger partial charge in [-0.05, 0) is 35.7 Å². The van der Waals surface area contributed by atoms with Crippen LogP contribution < -0.4 is 5.73 Å². The third-order valence-electron chi connectivity index (χ3n) is 1.94. The van der Waals surface area contributed by atoms with Crippen molar-refractivity contribution in [1.82, 2.24) is 10.2 Å². The molecule has 0 radical (unpaired) electrons. The molecule has 2 rings (SSSR count). The predicted octanol–water partition coefficient (Wildman–Crippen LogP) is 2.75. The molecule has 0 atom stereocenters. The minimum absolute atomic E-state index is 0.194. The minimum atomic E-state index is -0.366. The van der Waals surface area contributed by atoms with Crippen molar-refractivity contribution < 1.29 is 9.18 Å². The van der Waals surface area contributed by atoms with Crippen molar-refractivity contribution in [3.05, 3.63) is 47.1 Å². The van der Waals surface area contributed by atoms with Gasteiger partial charge in [-0.1, -0.05) is 23.1 Å². The van der Waals surface area contributed by atoms with E-state index in [9.17, 15) is 9.18 Å². The van der Waals surface area contributed by atoms with Crippen LogP contribution in [0, 0.1) is 5.82 Å². The second-order valence-electron chi connectivity index (χ2n) is 3.20. The maximum atomic E-state index is 12.7. The van der Waals surface area contributed by atoms with E-state index >= 15 is 0 Å². The zero-order valence-electron chi connectivity index (χ0n) is 9.04. The monoisotopic (exact) mass is 281 g/mol. The molecule has 1 aromatic carbocycles. The van der Waals surface area contributed by atoms with Crippen LogP contribution in [0.1, 0.15) is 10.4 Å². The summed E-state index contributed by atoms with van der Waals surface area (Å²) in [6.07, 6.45) is 1.40. The number of hydrogen-bond donors (Lipinski definition) is 1. The first-order chi connectivity index (χ1) is 8.65. The summed E-state index contributed by atoms with van der Waals surface area (Å²) in [7, 11) is 0. The van der Waals surface area contributed by atoms with Crippen molar-refractivity contribution in [2.75, 3.05) is 5.73 Å². The van der Waals surface area contributed by atoms with Crippen LogP contribution in [-0.2, 0) is 0 Å². The van der Waals surface area contributed by atoms with E-state index in [-0.39, 0.29) is 11.6 Å². The van der Waals surface area contributed by atoms with Crippen molar-refractivity contribution >= 4 is 34.0 Å². The molecule has 0 amide bonds. The Morgan fingerprint density at radius 3 is 2.67 bits per heavy atom. The lowest BCUT2D eigenvalue weighted by Crippen LogP contribution is -1.93. The Balaban J connectivity index is 1.97. The molecule has 4 nitrogen and oxygen atoms in total. The van der Waals surface area contributed by atoms with Crippen LogP contribution in [0.15, 0.2) is 40.1 Å². The average Bonchev–Trinajstić information content (AvgIpc) is 2.76. The summed E-state index contributed by atoms with van der Waals surface area (Å²) in [5.74, 6) is -0.561. The lowest BCUT2D eigenvalue weighted by atomic mass is 10.1. The molecule has 1 aromatic heterocycles. The molecule has 18 heavy (non-hydrogen) atoms. The number of carbonyl (C=O) groups excluding carboxylic acids is 1. The fraction of sp³-hybridized carbons (Fsp3) is 0. The number of nitrogens with zero attached hydrogens (tertiary/aromatic N) is 2. The quantitative estimate of drug-likeness (QED) is 0.530. The van der Waals surface area contributed by atoms with Crippen molar-refractivity contribution in [3.63, 3.8) is 0 Å². The van der Waals surface area contributed by atoms with E-state index in [1.54, 1.807) is 5.41 Å². The van der Waals surface area contributed by atoms with Gasteiger partial charge < -0.3 is 5.73 Å². The van der Waals surface area contributed by atoms with Crippen LogP contribution in [-0.4, -0.2) is 16.0 Å². The number of allylic oxidation sites excluding steroid dienone is 1. The molecule has 2 aromatic rings. The molecule has 0 aliphatic heterocycles. The maximum Gasteiger partial charge on any atom is 0.203 e. The van der Waals surface area contributed by atoms with E-state index in [2.05, 4.69) is 10.2 Å². The number of aromatic nitrogens is 2. The lowest BCUT2D eigenvalue weighted by molar-refractivity contribution is 0.104. The third-order valence-corrected chi connectivity index (χ3v) is 3.58. The first kappa shape index (κ1) is 12.7. The highest BCUT2D eigenvalue weighted by molar-refractivity contribution is 8.03. The number of carbonyl (C=O) groups is 1. The molecule has 2 N–H and O–H groups in total. The Hall–Kier alpha value is -1.73. The van der Waals surface area contributed by atoms with E-state index in [0.717, 1.165) is 0 Å². The van der Waals surface area contributed by atoms with E-state index < -0.39 is 0 Å². The molecule has 92 valence electrons. The fourth-order valence-electron chi connectivity index (χ4n) is 1.13. The summed E-state index contributed by atoms with van der Waals surface area (Å²) in [5.41, 5.74) is 5.86. The number of rotatable bonds is 4. The van der Waals surface area contributed by atoms with E-state index in [4.69, 9.17) is 5.73 Å². The number of anilines is 1. The van der Waals surface area contributed by atoms with E-state index in [1.165, 1.54) is 53.4 Å². The largest absolute Gasteiger partial charge is 0.374 e. The normalized spacial score (nSPS) is 10.9. The molecule has 0 bridgehead atoms. The van der Waals surface area contributed by atoms with Crippen LogP contribution in [0.2, 0.25) is 0 Å². The number of halogens is 1. The molecule has 0 saturated carbocycles. The Morgan fingerprint density at radius 1 is 1.33 bits per heavy atom. The van der Waals surface area contributed by atoms with Crippen LogP contribution in [0.4, 0.5) is 9.52 Å². The standard InChI is InChI=1S/C11H8FN3OS2/c12-8-3-1-7(2-4-8)9(16)5-6-17-11-15-14-10(13)18-11/h1-6H,(H2,13,14)/b6-5+. The van der Waals surface area contributed by atoms with Gasteiger partial charge in [0.15, 0.2) is 10.1 Å². The topological polar surface area (TPSA) is 68.9 Å². The predicted molar refractivity (Wildman–Crippen MR) is 70.0 cm³/mol. The summed E-state index contributed by atoms with van der Waals surface area (Å²) >= 11 is 2.50. The van der Waals surface area contributed by atoms with E-state index in [0.29, 0.717) is 15.0 Å². The van der Waals surface area contributed by atoms with Crippen molar-refractivity contribution in [3.8, 4) is 0 Å². The molecular formula is C11H8FN3OS2. The van der Waals surface area contributed by atoms with Crippen LogP contribution in [0.25, 0.3) is 0 Å². The van der Waals surface area contributed by atoms with Gasteiger partial charge in [0.2, 0.25) is 5.13 Å².